The first-order valence-electron chi connectivity index (χ1n) is 10.7. The average Bonchev–Trinajstić information content (AvgIpc) is 3.32. The second-order valence-electron chi connectivity index (χ2n) is 7.67. The highest BCUT2D eigenvalue weighted by Crippen LogP contribution is 2.33. The fourth-order valence-corrected chi connectivity index (χ4v) is 3.75. The van der Waals surface area contributed by atoms with E-state index >= 15 is 0 Å². The Morgan fingerprint density at radius 1 is 0.765 bits per heavy atom. The van der Waals surface area contributed by atoms with Gasteiger partial charge in [0.25, 0.3) is 5.91 Å². The molecule has 5 rings (SSSR count). The molecule has 6 heteroatoms. The van der Waals surface area contributed by atoms with Crippen molar-refractivity contribution in [3.05, 3.63) is 96.6 Å². The number of anilines is 1. The number of hydrogen-bond donors (Lipinski definition) is 1. The molecule has 1 heterocycles. The second-order valence-corrected chi connectivity index (χ2v) is 7.67. The normalized spacial score (nSPS) is 10.8. The van der Waals surface area contributed by atoms with E-state index in [0.717, 1.165) is 16.7 Å². The minimum Gasteiger partial charge on any atom is -0.493 e. The summed E-state index contributed by atoms with van der Waals surface area (Å²) in [6.45, 7) is 0. The fraction of sp³-hybridized carbons (Fsp3) is 0.0714. The molecule has 0 fully saturated rings. The maximum Gasteiger partial charge on any atom is 0.255 e. The van der Waals surface area contributed by atoms with Gasteiger partial charge in [0.1, 0.15) is 5.52 Å². The number of fused-ring (bicyclic) bond motifs is 1. The first-order valence-corrected chi connectivity index (χ1v) is 10.7. The molecule has 168 valence electrons. The number of benzene rings is 4. The van der Waals surface area contributed by atoms with Crippen molar-refractivity contribution in [3.63, 3.8) is 0 Å². The van der Waals surface area contributed by atoms with Crippen LogP contribution < -0.4 is 14.8 Å². The van der Waals surface area contributed by atoms with Gasteiger partial charge in [-0.2, -0.15) is 0 Å². The van der Waals surface area contributed by atoms with Gasteiger partial charge < -0.3 is 19.2 Å². The van der Waals surface area contributed by atoms with Crippen LogP contribution in [0.5, 0.6) is 11.5 Å². The van der Waals surface area contributed by atoms with Gasteiger partial charge in [0.15, 0.2) is 17.1 Å². The predicted octanol–water partition coefficient (Wildman–Crippen LogP) is 6.43. The van der Waals surface area contributed by atoms with E-state index in [2.05, 4.69) is 10.3 Å². The van der Waals surface area contributed by atoms with E-state index in [1.54, 1.807) is 38.5 Å². The molecule has 0 saturated heterocycles. The van der Waals surface area contributed by atoms with Gasteiger partial charge >= 0.3 is 0 Å². The lowest BCUT2D eigenvalue weighted by Gasteiger charge is -2.07. The smallest absolute Gasteiger partial charge is 0.255 e. The summed E-state index contributed by atoms with van der Waals surface area (Å²) in [5.41, 5.74) is 5.40. The Balaban J connectivity index is 1.35. The second kappa shape index (κ2) is 9.11. The van der Waals surface area contributed by atoms with Crippen molar-refractivity contribution in [2.45, 2.75) is 0 Å². The van der Waals surface area contributed by atoms with Crippen molar-refractivity contribution in [3.8, 4) is 34.1 Å². The largest absolute Gasteiger partial charge is 0.493 e. The van der Waals surface area contributed by atoms with Crippen LogP contribution in [0.1, 0.15) is 10.4 Å². The van der Waals surface area contributed by atoms with E-state index in [-0.39, 0.29) is 5.91 Å². The number of hydrogen-bond acceptors (Lipinski definition) is 5. The fourth-order valence-electron chi connectivity index (χ4n) is 3.75. The number of carbonyl (C=O) groups is 1. The summed E-state index contributed by atoms with van der Waals surface area (Å²) in [5.74, 6) is 1.48. The summed E-state index contributed by atoms with van der Waals surface area (Å²) in [6, 6.07) is 28.4. The van der Waals surface area contributed by atoms with Gasteiger partial charge in [0.2, 0.25) is 5.89 Å². The molecule has 0 spiro atoms. The topological polar surface area (TPSA) is 73.6 Å². The Bertz CT molecular complexity index is 1460. The molecule has 0 radical (unpaired) electrons. The molecule has 1 amide bonds. The Labute approximate surface area is 196 Å². The molecule has 34 heavy (non-hydrogen) atoms. The number of rotatable bonds is 6. The van der Waals surface area contributed by atoms with Crippen molar-refractivity contribution in [2.24, 2.45) is 0 Å². The number of methoxy groups -OCH3 is 2. The standard InChI is InChI=1S/C28H22N2O4/c1-32-25-14-12-21(16-26(25)33-2)28-30-23-17-22(13-15-24(23)34-28)29-27(31)20-10-8-19(9-11-20)18-6-4-3-5-7-18/h3-17H,1-2H3,(H,29,31). The monoisotopic (exact) mass is 450 g/mol. The van der Waals surface area contributed by atoms with Crippen molar-refractivity contribution in [1.29, 1.82) is 0 Å². The molecule has 0 aliphatic carbocycles. The zero-order valence-corrected chi connectivity index (χ0v) is 18.7. The lowest BCUT2D eigenvalue weighted by atomic mass is 10.0. The van der Waals surface area contributed by atoms with E-state index in [1.165, 1.54) is 0 Å². The minimum absolute atomic E-state index is 0.192. The van der Waals surface area contributed by atoms with Crippen molar-refractivity contribution >= 4 is 22.7 Å². The number of nitrogens with zero attached hydrogens (tertiary/aromatic N) is 1. The molecule has 0 unspecified atom stereocenters. The first kappa shape index (κ1) is 21.3. The summed E-state index contributed by atoms with van der Waals surface area (Å²) >= 11 is 0. The van der Waals surface area contributed by atoms with Crippen LogP contribution in [-0.2, 0) is 0 Å². The summed E-state index contributed by atoms with van der Waals surface area (Å²) in [4.78, 5) is 17.4. The molecule has 1 N–H and O–H groups in total. The first-order chi connectivity index (χ1) is 16.6. The molecule has 0 bridgehead atoms. The van der Waals surface area contributed by atoms with Crippen molar-refractivity contribution < 1.29 is 18.7 Å². The SMILES string of the molecule is COc1ccc(-c2nc3cc(NC(=O)c4ccc(-c5ccccc5)cc4)ccc3o2)cc1OC. The highest BCUT2D eigenvalue weighted by molar-refractivity contribution is 6.05. The lowest BCUT2D eigenvalue weighted by Crippen LogP contribution is -2.11. The third kappa shape index (κ3) is 4.21. The molecule has 6 nitrogen and oxygen atoms in total. The number of aromatic nitrogens is 1. The van der Waals surface area contributed by atoms with E-state index in [0.29, 0.717) is 39.7 Å². The Morgan fingerprint density at radius 2 is 1.47 bits per heavy atom. The predicted molar refractivity (Wildman–Crippen MR) is 132 cm³/mol. The zero-order valence-electron chi connectivity index (χ0n) is 18.7. The Morgan fingerprint density at radius 3 is 2.21 bits per heavy atom. The highest BCUT2D eigenvalue weighted by Gasteiger charge is 2.13. The van der Waals surface area contributed by atoms with Gasteiger partial charge in [-0.3, -0.25) is 4.79 Å². The van der Waals surface area contributed by atoms with E-state index < -0.39 is 0 Å². The summed E-state index contributed by atoms with van der Waals surface area (Å²) in [7, 11) is 3.17. The van der Waals surface area contributed by atoms with Crippen LogP contribution in [0.25, 0.3) is 33.7 Å². The van der Waals surface area contributed by atoms with Crippen LogP contribution in [0, 0.1) is 0 Å². The number of nitrogens with one attached hydrogen (secondary N) is 1. The molecular formula is C28H22N2O4. The Kier molecular flexibility index (Phi) is 5.70. The molecule has 5 aromatic rings. The van der Waals surface area contributed by atoms with Gasteiger partial charge in [-0.25, -0.2) is 4.98 Å². The van der Waals surface area contributed by atoms with Gasteiger partial charge in [-0.05, 0) is 59.7 Å². The molecule has 0 saturated carbocycles. The maximum atomic E-state index is 12.8. The molecule has 0 aliphatic heterocycles. The van der Waals surface area contributed by atoms with Gasteiger partial charge in [0.05, 0.1) is 14.2 Å². The third-order valence-electron chi connectivity index (χ3n) is 5.53. The van der Waals surface area contributed by atoms with Crippen LogP contribution >= 0.6 is 0 Å². The number of amides is 1. The van der Waals surface area contributed by atoms with Crippen molar-refractivity contribution in [2.75, 3.05) is 19.5 Å². The maximum absolute atomic E-state index is 12.8. The quantitative estimate of drug-likeness (QED) is 0.323. The van der Waals surface area contributed by atoms with Crippen LogP contribution in [0.3, 0.4) is 0 Å². The van der Waals surface area contributed by atoms with E-state index in [1.807, 2.05) is 66.7 Å². The van der Waals surface area contributed by atoms with Crippen LogP contribution in [0.2, 0.25) is 0 Å². The Hall–Kier alpha value is -4.58. The summed E-state index contributed by atoms with van der Waals surface area (Å²) in [6.07, 6.45) is 0. The van der Waals surface area contributed by atoms with Gasteiger partial charge in [0, 0.05) is 16.8 Å². The molecule has 1 aromatic heterocycles. The lowest BCUT2D eigenvalue weighted by molar-refractivity contribution is 0.102. The average molecular weight is 450 g/mol. The van der Waals surface area contributed by atoms with E-state index in [4.69, 9.17) is 13.9 Å². The molecule has 4 aromatic carbocycles. The summed E-state index contributed by atoms with van der Waals surface area (Å²) in [5, 5.41) is 2.93. The molecule has 0 aliphatic rings. The highest BCUT2D eigenvalue weighted by atomic mass is 16.5. The van der Waals surface area contributed by atoms with Crippen LogP contribution in [0.4, 0.5) is 5.69 Å². The van der Waals surface area contributed by atoms with Crippen LogP contribution in [0.15, 0.2) is 95.4 Å². The van der Waals surface area contributed by atoms with E-state index in [9.17, 15) is 4.79 Å². The number of oxazole rings is 1. The number of ether oxygens (including phenoxy) is 2. The minimum atomic E-state index is -0.192. The summed E-state index contributed by atoms with van der Waals surface area (Å²) < 4.78 is 16.6. The van der Waals surface area contributed by atoms with Crippen LogP contribution in [-0.4, -0.2) is 25.1 Å². The zero-order chi connectivity index (χ0) is 23.5. The number of carbonyl (C=O) groups excluding carboxylic acids is 1. The molecule has 0 atom stereocenters. The molecular weight excluding hydrogens is 428 g/mol. The third-order valence-corrected chi connectivity index (χ3v) is 5.53. The van der Waals surface area contributed by atoms with Crippen molar-refractivity contribution in [1.82, 2.24) is 4.98 Å². The van der Waals surface area contributed by atoms with Gasteiger partial charge in [-0.15, -0.1) is 0 Å². The van der Waals surface area contributed by atoms with Gasteiger partial charge in [-0.1, -0.05) is 42.5 Å².